The van der Waals surface area contributed by atoms with Crippen LogP contribution >= 0.6 is 11.3 Å². The molecule has 0 saturated carbocycles. The zero-order valence-corrected chi connectivity index (χ0v) is 10.2. The molecular formula is C11H14N4OS. The Labute approximate surface area is 103 Å². The van der Waals surface area contributed by atoms with E-state index < -0.39 is 0 Å². The van der Waals surface area contributed by atoms with Gasteiger partial charge in [-0.1, -0.05) is 5.16 Å². The van der Waals surface area contributed by atoms with Gasteiger partial charge in [0.2, 0.25) is 5.89 Å². The standard InChI is InChI=1S/C11H14N4OS/c12-5-11-13-10(14-16-11)7-15-3-1-9-8(6-15)2-4-17-9/h2,4H,1,3,5-7,12H2. The largest absolute Gasteiger partial charge is 0.338 e. The molecule has 3 rings (SSSR count). The highest BCUT2D eigenvalue weighted by atomic mass is 32.1. The van der Waals surface area contributed by atoms with Crippen molar-refractivity contribution in [2.24, 2.45) is 5.73 Å². The van der Waals surface area contributed by atoms with Crippen LogP contribution in [0.25, 0.3) is 0 Å². The summed E-state index contributed by atoms with van der Waals surface area (Å²) in [5.74, 6) is 1.23. The van der Waals surface area contributed by atoms with Gasteiger partial charge in [-0.2, -0.15) is 4.98 Å². The minimum Gasteiger partial charge on any atom is -0.338 e. The van der Waals surface area contributed by atoms with Crippen LogP contribution in [0.1, 0.15) is 22.2 Å². The summed E-state index contributed by atoms with van der Waals surface area (Å²) in [6.07, 6.45) is 1.12. The molecule has 0 aromatic carbocycles. The molecule has 0 saturated heterocycles. The molecule has 3 heterocycles. The summed E-state index contributed by atoms with van der Waals surface area (Å²) >= 11 is 1.85. The normalized spacial score (nSPS) is 16.1. The van der Waals surface area contributed by atoms with E-state index >= 15 is 0 Å². The summed E-state index contributed by atoms with van der Waals surface area (Å²) in [6, 6.07) is 2.20. The molecule has 2 aromatic heterocycles. The van der Waals surface area contributed by atoms with Crippen molar-refractivity contribution in [2.75, 3.05) is 6.54 Å². The Morgan fingerprint density at radius 2 is 2.47 bits per heavy atom. The molecule has 2 N–H and O–H groups in total. The lowest BCUT2D eigenvalue weighted by molar-refractivity contribution is 0.237. The first-order valence-electron chi connectivity index (χ1n) is 5.64. The van der Waals surface area contributed by atoms with E-state index in [0.717, 1.165) is 31.9 Å². The van der Waals surface area contributed by atoms with E-state index in [2.05, 4.69) is 26.5 Å². The average molecular weight is 250 g/mol. The molecule has 0 bridgehead atoms. The van der Waals surface area contributed by atoms with E-state index in [0.29, 0.717) is 12.4 Å². The Bertz CT molecular complexity index is 507. The van der Waals surface area contributed by atoms with Gasteiger partial charge in [-0.05, 0) is 23.4 Å². The monoisotopic (exact) mass is 250 g/mol. The molecule has 1 aliphatic heterocycles. The maximum absolute atomic E-state index is 5.44. The van der Waals surface area contributed by atoms with Crippen LogP contribution in [0.15, 0.2) is 16.0 Å². The molecular weight excluding hydrogens is 236 g/mol. The van der Waals surface area contributed by atoms with Crippen molar-refractivity contribution in [3.8, 4) is 0 Å². The van der Waals surface area contributed by atoms with Crippen molar-refractivity contribution >= 4 is 11.3 Å². The molecule has 90 valence electrons. The Hall–Kier alpha value is -1.24. The quantitative estimate of drug-likeness (QED) is 0.885. The molecule has 6 heteroatoms. The molecule has 1 aliphatic rings. The third-order valence-corrected chi connectivity index (χ3v) is 3.96. The van der Waals surface area contributed by atoms with Gasteiger partial charge >= 0.3 is 0 Å². The summed E-state index contributed by atoms with van der Waals surface area (Å²) in [5.41, 5.74) is 6.87. The zero-order valence-electron chi connectivity index (χ0n) is 9.43. The van der Waals surface area contributed by atoms with Crippen LogP contribution < -0.4 is 5.73 Å². The van der Waals surface area contributed by atoms with Gasteiger partial charge in [-0.3, -0.25) is 4.90 Å². The van der Waals surface area contributed by atoms with Gasteiger partial charge in [-0.25, -0.2) is 0 Å². The van der Waals surface area contributed by atoms with Gasteiger partial charge < -0.3 is 10.3 Å². The van der Waals surface area contributed by atoms with Crippen LogP contribution in [0.2, 0.25) is 0 Å². The van der Waals surface area contributed by atoms with Crippen molar-refractivity contribution < 1.29 is 4.52 Å². The summed E-state index contributed by atoms with van der Waals surface area (Å²) in [7, 11) is 0. The predicted octanol–water partition coefficient (Wildman–Crippen LogP) is 1.15. The Kier molecular flexibility index (Phi) is 2.92. The first kappa shape index (κ1) is 10.9. The highest BCUT2D eigenvalue weighted by Crippen LogP contribution is 2.24. The fourth-order valence-corrected chi connectivity index (χ4v) is 2.97. The van der Waals surface area contributed by atoms with Crippen LogP contribution in [-0.4, -0.2) is 21.6 Å². The van der Waals surface area contributed by atoms with E-state index in [1.54, 1.807) is 0 Å². The Morgan fingerprint density at radius 1 is 1.53 bits per heavy atom. The van der Waals surface area contributed by atoms with Crippen LogP contribution in [0.5, 0.6) is 0 Å². The number of nitrogens with two attached hydrogens (primary N) is 1. The highest BCUT2D eigenvalue weighted by molar-refractivity contribution is 7.10. The second-order valence-electron chi connectivity index (χ2n) is 4.14. The summed E-state index contributed by atoms with van der Waals surface area (Å²) in [5, 5.41) is 6.08. The topological polar surface area (TPSA) is 68.2 Å². The molecule has 0 spiro atoms. The fraction of sp³-hybridized carbons (Fsp3) is 0.455. The summed E-state index contributed by atoms with van der Waals surface area (Å²) < 4.78 is 5.00. The van der Waals surface area contributed by atoms with Gasteiger partial charge in [0.25, 0.3) is 0 Å². The Balaban J connectivity index is 1.67. The number of fused-ring (bicyclic) bond motifs is 1. The number of hydrogen-bond donors (Lipinski definition) is 1. The van der Waals surface area contributed by atoms with Gasteiger partial charge in [-0.15, -0.1) is 11.3 Å². The zero-order chi connectivity index (χ0) is 11.7. The number of rotatable bonds is 3. The fourth-order valence-electron chi connectivity index (χ4n) is 2.08. The molecule has 0 unspecified atom stereocenters. The van der Waals surface area contributed by atoms with Crippen LogP contribution in [0, 0.1) is 0 Å². The van der Waals surface area contributed by atoms with E-state index in [1.807, 2.05) is 11.3 Å². The second kappa shape index (κ2) is 4.56. The number of hydrogen-bond acceptors (Lipinski definition) is 6. The van der Waals surface area contributed by atoms with Gasteiger partial charge in [0.05, 0.1) is 13.1 Å². The smallest absolute Gasteiger partial charge is 0.240 e. The highest BCUT2D eigenvalue weighted by Gasteiger charge is 2.18. The summed E-state index contributed by atoms with van der Waals surface area (Å²) in [6.45, 7) is 3.08. The maximum Gasteiger partial charge on any atom is 0.240 e. The molecule has 5 nitrogen and oxygen atoms in total. The molecule has 0 atom stereocenters. The predicted molar refractivity (Wildman–Crippen MR) is 64.3 cm³/mol. The van der Waals surface area contributed by atoms with E-state index in [4.69, 9.17) is 10.3 Å². The van der Waals surface area contributed by atoms with Gasteiger partial charge in [0.1, 0.15) is 0 Å². The van der Waals surface area contributed by atoms with Crippen molar-refractivity contribution in [1.82, 2.24) is 15.0 Å². The summed E-state index contributed by atoms with van der Waals surface area (Å²) in [4.78, 5) is 8.07. The van der Waals surface area contributed by atoms with Crippen molar-refractivity contribution in [1.29, 1.82) is 0 Å². The van der Waals surface area contributed by atoms with E-state index in [-0.39, 0.29) is 0 Å². The molecule has 2 aromatic rings. The SMILES string of the molecule is NCc1nc(CN2CCc3sccc3C2)no1. The number of nitrogens with zero attached hydrogens (tertiary/aromatic N) is 3. The first-order valence-corrected chi connectivity index (χ1v) is 6.52. The van der Waals surface area contributed by atoms with Gasteiger partial charge in [0.15, 0.2) is 5.82 Å². The second-order valence-corrected chi connectivity index (χ2v) is 5.14. The molecule has 0 fully saturated rings. The third kappa shape index (κ3) is 2.24. The van der Waals surface area contributed by atoms with Crippen molar-refractivity contribution in [3.05, 3.63) is 33.6 Å². The molecule has 0 radical (unpaired) electrons. The number of aromatic nitrogens is 2. The number of thiophene rings is 1. The average Bonchev–Trinajstić information content (AvgIpc) is 2.96. The molecule has 0 aliphatic carbocycles. The van der Waals surface area contributed by atoms with Crippen LogP contribution in [-0.2, 0) is 26.1 Å². The maximum atomic E-state index is 5.44. The minimum atomic E-state index is 0.307. The van der Waals surface area contributed by atoms with Crippen LogP contribution in [0.4, 0.5) is 0 Å². The van der Waals surface area contributed by atoms with E-state index in [1.165, 1.54) is 10.4 Å². The van der Waals surface area contributed by atoms with Crippen LogP contribution in [0.3, 0.4) is 0 Å². The van der Waals surface area contributed by atoms with Crippen molar-refractivity contribution in [3.63, 3.8) is 0 Å². The minimum absolute atomic E-state index is 0.307. The Morgan fingerprint density at radius 3 is 3.29 bits per heavy atom. The van der Waals surface area contributed by atoms with E-state index in [9.17, 15) is 0 Å². The van der Waals surface area contributed by atoms with Gasteiger partial charge in [0, 0.05) is 18.0 Å². The lowest BCUT2D eigenvalue weighted by Crippen LogP contribution is -2.29. The molecule has 0 amide bonds. The third-order valence-electron chi connectivity index (χ3n) is 2.94. The lowest BCUT2D eigenvalue weighted by Gasteiger charge is -2.25. The lowest BCUT2D eigenvalue weighted by atomic mass is 10.1. The first-order chi connectivity index (χ1) is 8.35. The van der Waals surface area contributed by atoms with Crippen molar-refractivity contribution in [2.45, 2.75) is 26.1 Å². The molecule has 17 heavy (non-hydrogen) atoms.